The molecule has 0 saturated carbocycles. The highest BCUT2D eigenvalue weighted by molar-refractivity contribution is 9.10. The van der Waals surface area contributed by atoms with Crippen molar-refractivity contribution in [3.8, 4) is 11.3 Å². The number of anilines is 1. The van der Waals surface area contributed by atoms with Crippen molar-refractivity contribution < 1.29 is 4.79 Å². The van der Waals surface area contributed by atoms with Crippen molar-refractivity contribution in [2.75, 3.05) is 5.32 Å². The number of hydrogen-bond acceptors (Lipinski definition) is 3. The van der Waals surface area contributed by atoms with Gasteiger partial charge in [-0.05, 0) is 41.1 Å². The number of hydrogen-bond donors (Lipinski definition) is 2. The minimum absolute atomic E-state index is 0.211. The van der Waals surface area contributed by atoms with Gasteiger partial charge in [0.25, 0.3) is 5.56 Å². The Balaban J connectivity index is 1.98. The highest BCUT2D eigenvalue weighted by Crippen LogP contribution is 2.29. The zero-order valence-electron chi connectivity index (χ0n) is 13.8. The Labute approximate surface area is 157 Å². The molecule has 0 aliphatic carbocycles. The first-order valence-electron chi connectivity index (χ1n) is 8.01. The van der Waals surface area contributed by atoms with E-state index < -0.39 is 0 Å². The third-order valence-electron chi connectivity index (χ3n) is 4.11. The fourth-order valence-electron chi connectivity index (χ4n) is 2.97. The van der Waals surface area contributed by atoms with Gasteiger partial charge in [0.15, 0.2) is 0 Å². The minimum atomic E-state index is -0.308. The number of rotatable bonds is 2. The van der Waals surface area contributed by atoms with Gasteiger partial charge in [-0.1, -0.05) is 40.2 Å². The van der Waals surface area contributed by atoms with Gasteiger partial charge in [0, 0.05) is 17.0 Å². The summed E-state index contributed by atoms with van der Waals surface area (Å²) in [5.41, 5.74) is 2.42. The number of nitrogens with one attached hydrogen (secondary N) is 2. The number of carbonyl (C=O) groups is 1. The van der Waals surface area contributed by atoms with Gasteiger partial charge >= 0.3 is 0 Å². The molecule has 3 aromatic carbocycles. The lowest BCUT2D eigenvalue weighted by atomic mass is 10.1. The van der Waals surface area contributed by atoms with E-state index in [1.54, 1.807) is 18.2 Å². The van der Waals surface area contributed by atoms with Gasteiger partial charge < -0.3 is 10.3 Å². The predicted molar refractivity (Wildman–Crippen MR) is 107 cm³/mol. The number of H-pyrrole nitrogens is 1. The normalized spacial score (nSPS) is 11.0. The molecule has 0 radical (unpaired) electrons. The van der Waals surface area contributed by atoms with Crippen molar-refractivity contribution in [3.05, 3.63) is 69.4 Å². The van der Waals surface area contributed by atoms with E-state index >= 15 is 0 Å². The summed E-state index contributed by atoms with van der Waals surface area (Å²) in [6, 6.07) is 17.1. The van der Waals surface area contributed by atoms with E-state index in [4.69, 9.17) is 0 Å². The van der Waals surface area contributed by atoms with Crippen LogP contribution < -0.4 is 10.9 Å². The van der Waals surface area contributed by atoms with Crippen LogP contribution in [0.1, 0.15) is 6.92 Å². The quantitative estimate of drug-likeness (QED) is 0.481. The van der Waals surface area contributed by atoms with Gasteiger partial charge in [-0.25, -0.2) is 4.98 Å². The lowest BCUT2D eigenvalue weighted by molar-refractivity contribution is -0.114. The number of amides is 1. The summed E-state index contributed by atoms with van der Waals surface area (Å²) in [7, 11) is 0. The first kappa shape index (κ1) is 16.5. The van der Waals surface area contributed by atoms with E-state index in [0.29, 0.717) is 22.3 Å². The topological polar surface area (TPSA) is 74.8 Å². The maximum absolute atomic E-state index is 12.7. The van der Waals surface area contributed by atoms with E-state index in [9.17, 15) is 9.59 Å². The average Bonchev–Trinajstić information content (AvgIpc) is 2.61. The molecule has 1 aromatic heterocycles. The number of aromatic amines is 1. The standard InChI is InChI=1S/C20H14BrN3O2/c1-11(25)22-16-7-6-14(21)10-15(16)19-20(26)24-18-9-13-5-3-2-4-12(13)8-17(18)23-19/h2-10H,1H3,(H,22,25)(H,24,26). The molecule has 26 heavy (non-hydrogen) atoms. The molecule has 0 saturated heterocycles. The average molecular weight is 408 g/mol. The van der Waals surface area contributed by atoms with E-state index in [0.717, 1.165) is 15.2 Å². The van der Waals surface area contributed by atoms with Crippen LogP contribution in [0.2, 0.25) is 0 Å². The Kier molecular flexibility index (Phi) is 4.05. The van der Waals surface area contributed by atoms with Crippen molar-refractivity contribution in [1.82, 2.24) is 9.97 Å². The number of fused-ring (bicyclic) bond motifs is 2. The van der Waals surface area contributed by atoms with Gasteiger partial charge in [0.2, 0.25) is 5.91 Å². The Morgan fingerprint density at radius 2 is 1.81 bits per heavy atom. The van der Waals surface area contributed by atoms with Crippen molar-refractivity contribution in [3.63, 3.8) is 0 Å². The van der Waals surface area contributed by atoms with Crippen LogP contribution in [0.5, 0.6) is 0 Å². The molecular weight excluding hydrogens is 394 g/mol. The van der Waals surface area contributed by atoms with Crippen molar-refractivity contribution in [2.24, 2.45) is 0 Å². The molecule has 128 valence electrons. The number of aromatic nitrogens is 2. The van der Waals surface area contributed by atoms with Crippen molar-refractivity contribution >= 4 is 49.3 Å². The molecule has 1 heterocycles. The van der Waals surface area contributed by atoms with Crippen LogP contribution in [0.15, 0.2) is 63.9 Å². The van der Waals surface area contributed by atoms with Gasteiger partial charge in [-0.3, -0.25) is 9.59 Å². The van der Waals surface area contributed by atoms with Gasteiger partial charge in [0.1, 0.15) is 5.69 Å². The molecule has 2 N–H and O–H groups in total. The first-order valence-corrected chi connectivity index (χ1v) is 8.81. The Hall–Kier alpha value is -2.99. The van der Waals surface area contributed by atoms with Gasteiger partial charge in [-0.15, -0.1) is 0 Å². The molecule has 0 spiro atoms. The molecule has 0 aliphatic heterocycles. The summed E-state index contributed by atoms with van der Waals surface area (Å²) in [5.74, 6) is -0.211. The SMILES string of the molecule is CC(=O)Nc1ccc(Br)cc1-c1nc2cc3ccccc3cc2[nH]c1=O. The molecule has 5 nitrogen and oxygen atoms in total. The third-order valence-corrected chi connectivity index (χ3v) is 4.60. The second kappa shape index (κ2) is 6.38. The van der Waals surface area contributed by atoms with Crippen LogP contribution in [0.4, 0.5) is 5.69 Å². The lowest BCUT2D eigenvalue weighted by Crippen LogP contribution is -2.14. The van der Waals surface area contributed by atoms with Crippen LogP contribution in [-0.2, 0) is 4.79 Å². The number of nitrogens with zero attached hydrogens (tertiary/aromatic N) is 1. The Morgan fingerprint density at radius 3 is 2.54 bits per heavy atom. The maximum Gasteiger partial charge on any atom is 0.275 e. The number of carbonyl (C=O) groups excluding carboxylic acids is 1. The molecule has 6 heteroatoms. The molecule has 0 fully saturated rings. The maximum atomic E-state index is 12.7. The van der Waals surface area contributed by atoms with E-state index in [-0.39, 0.29) is 17.2 Å². The Morgan fingerprint density at radius 1 is 1.08 bits per heavy atom. The molecule has 0 unspecified atom stereocenters. The van der Waals surface area contributed by atoms with E-state index in [1.807, 2.05) is 36.4 Å². The fraction of sp³-hybridized carbons (Fsp3) is 0.0500. The molecular formula is C20H14BrN3O2. The van der Waals surface area contributed by atoms with Crippen LogP contribution >= 0.6 is 15.9 Å². The molecule has 4 aromatic rings. The summed E-state index contributed by atoms with van der Waals surface area (Å²) in [6.45, 7) is 1.43. The summed E-state index contributed by atoms with van der Waals surface area (Å²) < 4.78 is 0.793. The highest BCUT2D eigenvalue weighted by atomic mass is 79.9. The summed E-state index contributed by atoms with van der Waals surface area (Å²) in [4.78, 5) is 31.7. The molecule has 1 amide bonds. The predicted octanol–water partition coefficient (Wildman–Crippen LogP) is 4.46. The molecule has 0 atom stereocenters. The zero-order chi connectivity index (χ0) is 18.3. The molecule has 0 aliphatic rings. The van der Waals surface area contributed by atoms with Gasteiger partial charge in [0.05, 0.1) is 16.7 Å². The lowest BCUT2D eigenvalue weighted by Gasteiger charge is -2.11. The molecule has 4 rings (SSSR count). The zero-order valence-corrected chi connectivity index (χ0v) is 15.4. The number of halogens is 1. The van der Waals surface area contributed by atoms with Crippen molar-refractivity contribution in [2.45, 2.75) is 6.92 Å². The largest absolute Gasteiger partial charge is 0.326 e. The third kappa shape index (κ3) is 2.99. The summed E-state index contributed by atoms with van der Waals surface area (Å²) in [6.07, 6.45) is 0. The van der Waals surface area contributed by atoms with Crippen LogP contribution in [0, 0.1) is 0 Å². The first-order chi connectivity index (χ1) is 12.5. The number of benzene rings is 3. The fourth-order valence-corrected chi connectivity index (χ4v) is 3.33. The molecule has 0 bridgehead atoms. The summed E-state index contributed by atoms with van der Waals surface area (Å²) in [5, 5.41) is 4.83. The second-order valence-electron chi connectivity index (χ2n) is 6.00. The van der Waals surface area contributed by atoms with Gasteiger partial charge in [-0.2, -0.15) is 0 Å². The Bertz CT molecular complexity index is 1230. The van der Waals surface area contributed by atoms with Crippen molar-refractivity contribution in [1.29, 1.82) is 0 Å². The minimum Gasteiger partial charge on any atom is -0.326 e. The second-order valence-corrected chi connectivity index (χ2v) is 6.92. The van der Waals surface area contributed by atoms with Crippen LogP contribution in [0.25, 0.3) is 33.1 Å². The smallest absolute Gasteiger partial charge is 0.275 e. The van der Waals surface area contributed by atoms with E-state index in [2.05, 4.69) is 31.2 Å². The van der Waals surface area contributed by atoms with Crippen LogP contribution in [0.3, 0.4) is 0 Å². The highest BCUT2D eigenvalue weighted by Gasteiger charge is 2.14. The monoisotopic (exact) mass is 407 g/mol. The summed E-state index contributed by atoms with van der Waals surface area (Å²) >= 11 is 3.41. The van der Waals surface area contributed by atoms with Crippen LogP contribution in [-0.4, -0.2) is 15.9 Å². The van der Waals surface area contributed by atoms with E-state index in [1.165, 1.54) is 6.92 Å².